The van der Waals surface area contributed by atoms with Gasteiger partial charge in [-0.15, -0.1) is 0 Å². The summed E-state index contributed by atoms with van der Waals surface area (Å²) in [6.45, 7) is 11.1. The number of ether oxygens (including phenoxy) is 2. The maximum absolute atomic E-state index is 8.90. The molecule has 2 N–H and O–H groups in total. The molecule has 2 aromatic heterocycles. The number of aryl methyl sites for hydroxylation is 1. The first-order chi connectivity index (χ1) is 16.4. The van der Waals surface area contributed by atoms with E-state index in [1.807, 2.05) is 19.2 Å². The van der Waals surface area contributed by atoms with Gasteiger partial charge in [0.15, 0.2) is 0 Å². The highest BCUT2D eigenvalue weighted by Crippen LogP contribution is 2.26. The second kappa shape index (κ2) is 11.1. The Labute approximate surface area is 202 Å². The fourth-order valence-corrected chi connectivity index (χ4v) is 4.87. The number of hydrogen-bond donors (Lipinski definition) is 2. The van der Waals surface area contributed by atoms with Crippen LogP contribution < -0.4 is 10.1 Å². The largest absolute Gasteiger partial charge is 0.481 e. The molecule has 1 saturated heterocycles. The first kappa shape index (κ1) is 24.4. The quantitative estimate of drug-likeness (QED) is 0.565. The fraction of sp³-hybridized carbons (Fsp3) is 0.577. The number of aromatic nitrogens is 3. The number of nitrogens with one attached hydrogen (secondary N) is 2. The number of nitrogens with zero attached hydrogens (tertiary/aromatic N) is 4. The third-order valence-corrected chi connectivity index (χ3v) is 6.92. The summed E-state index contributed by atoms with van der Waals surface area (Å²) in [6.07, 6.45) is 9.57. The summed E-state index contributed by atoms with van der Waals surface area (Å²) in [6, 6.07) is 2.59. The zero-order valence-electron chi connectivity index (χ0n) is 20.9. The van der Waals surface area contributed by atoms with Crippen molar-refractivity contribution in [1.29, 1.82) is 5.41 Å². The Bertz CT molecular complexity index is 1020. The highest BCUT2D eigenvalue weighted by atomic mass is 16.5. The molecule has 2 aliphatic rings. The molecule has 0 amide bonds. The average molecular weight is 467 g/mol. The van der Waals surface area contributed by atoms with Crippen LogP contribution in [0.25, 0.3) is 0 Å². The molecule has 8 heteroatoms. The van der Waals surface area contributed by atoms with Gasteiger partial charge in [-0.05, 0) is 70.7 Å². The van der Waals surface area contributed by atoms with Crippen molar-refractivity contribution >= 4 is 11.4 Å². The minimum absolute atomic E-state index is 0.482. The molecule has 0 saturated carbocycles. The van der Waals surface area contributed by atoms with Gasteiger partial charge < -0.3 is 19.7 Å². The van der Waals surface area contributed by atoms with Crippen molar-refractivity contribution in [1.82, 2.24) is 19.7 Å². The molecule has 184 valence electrons. The molecular weight excluding hydrogens is 428 g/mol. The molecule has 4 rings (SSSR count). The van der Waals surface area contributed by atoms with E-state index in [1.165, 1.54) is 25.9 Å². The van der Waals surface area contributed by atoms with Crippen LogP contribution in [-0.4, -0.2) is 64.8 Å². The van der Waals surface area contributed by atoms with Gasteiger partial charge in [-0.25, -0.2) is 4.98 Å². The van der Waals surface area contributed by atoms with Crippen molar-refractivity contribution in [3.05, 3.63) is 47.1 Å². The van der Waals surface area contributed by atoms with Gasteiger partial charge in [0.1, 0.15) is 0 Å². The number of anilines is 1. The molecule has 0 spiro atoms. The summed E-state index contributed by atoms with van der Waals surface area (Å²) >= 11 is 0. The van der Waals surface area contributed by atoms with E-state index in [0.29, 0.717) is 43.2 Å². The molecule has 0 aliphatic carbocycles. The maximum atomic E-state index is 8.90. The van der Waals surface area contributed by atoms with Crippen molar-refractivity contribution in [2.75, 3.05) is 38.7 Å². The van der Waals surface area contributed by atoms with E-state index in [2.05, 4.69) is 45.0 Å². The maximum Gasteiger partial charge on any atom is 0.215 e. The van der Waals surface area contributed by atoms with E-state index < -0.39 is 0 Å². The normalized spacial score (nSPS) is 18.3. The number of pyridine rings is 1. The molecule has 34 heavy (non-hydrogen) atoms. The molecule has 0 atom stereocenters. The van der Waals surface area contributed by atoms with Gasteiger partial charge in [0.05, 0.1) is 37.9 Å². The highest BCUT2D eigenvalue weighted by Gasteiger charge is 2.22. The smallest absolute Gasteiger partial charge is 0.215 e. The van der Waals surface area contributed by atoms with Crippen LogP contribution >= 0.6 is 0 Å². The lowest BCUT2D eigenvalue weighted by molar-refractivity contribution is 0.140. The zero-order valence-corrected chi connectivity index (χ0v) is 20.9. The first-order valence-corrected chi connectivity index (χ1v) is 12.4. The average Bonchev–Trinajstić information content (AvgIpc) is 3.13. The Kier molecular flexibility index (Phi) is 8.00. The Morgan fingerprint density at radius 2 is 2.00 bits per heavy atom. The molecule has 2 aliphatic heterocycles. The van der Waals surface area contributed by atoms with Crippen molar-refractivity contribution in [2.45, 2.75) is 59.0 Å². The Balaban J connectivity index is 1.46. The van der Waals surface area contributed by atoms with Gasteiger partial charge in [-0.1, -0.05) is 0 Å². The summed E-state index contributed by atoms with van der Waals surface area (Å²) in [4.78, 5) is 6.92. The Morgan fingerprint density at radius 1 is 1.24 bits per heavy atom. The minimum Gasteiger partial charge on any atom is -0.481 e. The predicted molar refractivity (Wildman–Crippen MR) is 135 cm³/mol. The summed E-state index contributed by atoms with van der Waals surface area (Å²) in [5.41, 5.74) is 5.16. The van der Waals surface area contributed by atoms with E-state index in [9.17, 15) is 0 Å². The lowest BCUT2D eigenvalue weighted by atomic mass is 9.96. The molecule has 1 fully saturated rings. The SMILES string of the molecule is COc1ncc(C(=N)C2=C(Nc3cnn(CC4CCN(C(C)C)CC4)c3)CCOCC2)cc1C. The number of methoxy groups -OCH3 is 1. The Morgan fingerprint density at radius 3 is 2.71 bits per heavy atom. The van der Waals surface area contributed by atoms with Gasteiger partial charge in [-0.3, -0.25) is 10.1 Å². The molecule has 8 nitrogen and oxygen atoms in total. The molecule has 4 heterocycles. The van der Waals surface area contributed by atoms with Crippen LogP contribution in [0.15, 0.2) is 35.9 Å². The van der Waals surface area contributed by atoms with Gasteiger partial charge in [0.25, 0.3) is 0 Å². The summed E-state index contributed by atoms with van der Waals surface area (Å²) < 4.78 is 13.1. The first-order valence-electron chi connectivity index (χ1n) is 12.4. The second-order valence-corrected chi connectivity index (χ2v) is 9.64. The highest BCUT2D eigenvalue weighted by molar-refractivity contribution is 6.11. The van der Waals surface area contributed by atoms with Gasteiger partial charge in [0, 0.05) is 48.2 Å². The van der Waals surface area contributed by atoms with E-state index in [-0.39, 0.29) is 0 Å². The lowest BCUT2D eigenvalue weighted by Crippen LogP contribution is -2.39. The molecule has 0 unspecified atom stereocenters. The Hall–Kier alpha value is -2.71. The van der Waals surface area contributed by atoms with E-state index in [1.54, 1.807) is 13.3 Å². The van der Waals surface area contributed by atoms with Crippen LogP contribution in [0.1, 0.15) is 50.7 Å². The van der Waals surface area contributed by atoms with Crippen LogP contribution in [-0.2, 0) is 11.3 Å². The summed E-state index contributed by atoms with van der Waals surface area (Å²) in [5.74, 6) is 1.26. The minimum atomic E-state index is 0.482. The van der Waals surface area contributed by atoms with Crippen LogP contribution in [0.5, 0.6) is 5.88 Å². The van der Waals surface area contributed by atoms with E-state index >= 15 is 0 Å². The number of piperidine rings is 1. The van der Waals surface area contributed by atoms with Crippen molar-refractivity contribution in [3.8, 4) is 5.88 Å². The third-order valence-electron chi connectivity index (χ3n) is 6.92. The number of likely N-dealkylation sites (tertiary alicyclic amines) is 1. The predicted octanol–water partition coefficient (Wildman–Crippen LogP) is 4.26. The van der Waals surface area contributed by atoms with Crippen LogP contribution in [0.4, 0.5) is 5.69 Å². The standard InChI is InChI=1S/C26H38N6O2/c1-18(2)31-9-5-20(6-10-31)16-32-17-22(15-29-32)30-24-8-12-34-11-7-23(24)25(27)21-13-19(3)26(33-4)28-14-21/h13-15,17-18,20,27,30H,5-12,16H2,1-4H3. The van der Waals surface area contributed by atoms with E-state index in [4.69, 9.17) is 14.9 Å². The number of hydrogen-bond acceptors (Lipinski definition) is 7. The second-order valence-electron chi connectivity index (χ2n) is 9.64. The lowest BCUT2D eigenvalue weighted by Gasteiger charge is -2.34. The van der Waals surface area contributed by atoms with Crippen LogP contribution in [0.3, 0.4) is 0 Å². The fourth-order valence-electron chi connectivity index (χ4n) is 4.87. The molecule has 2 aromatic rings. The van der Waals surface area contributed by atoms with Gasteiger partial charge in [0.2, 0.25) is 5.88 Å². The van der Waals surface area contributed by atoms with Crippen LogP contribution in [0, 0.1) is 18.3 Å². The summed E-state index contributed by atoms with van der Waals surface area (Å²) in [5, 5.41) is 17.1. The topological polar surface area (TPSA) is 88.3 Å². The van der Waals surface area contributed by atoms with Crippen molar-refractivity contribution in [2.24, 2.45) is 5.92 Å². The van der Waals surface area contributed by atoms with Crippen molar-refractivity contribution < 1.29 is 9.47 Å². The summed E-state index contributed by atoms with van der Waals surface area (Å²) in [7, 11) is 1.61. The molecular formula is C26H38N6O2. The monoisotopic (exact) mass is 466 g/mol. The molecule has 0 bridgehead atoms. The van der Waals surface area contributed by atoms with Gasteiger partial charge >= 0.3 is 0 Å². The third kappa shape index (κ3) is 5.85. The van der Waals surface area contributed by atoms with Crippen molar-refractivity contribution in [3.63, 3.8) is 0 Å². The molecule has 0 aromatic carbocycles. The van der Waals surface area contributed by atoms with Crippen LogP contribution in [0.2, 0.25) is 0 Å². The van der Waals surface area contributed by atoms with E-state index in [0.717, 1.165) is 41.1 Å². The van der Waals surface area contributed by atoms with Gasteiger partial charge in [-0.2, -0.15) is 5.10 Å². The number of rotatable bonds is 8. The zero-order chi connectivity index (χ0) is 24.1. The molecule has 0 radical (unpaired) electrons.